The minimum Gasteiger partial charge on any atom is -0.355 e. The summed E-state index contributed by atoms with van der Waals surface area (Å²) in [5.74, 6) is 0.335. The Morgan fingerprint density at radius 3 is 2.59 bits per heavy atom. The van der Waals surface area contributed by atoms with Gasteiger partial charge in [-0.25, -0.2) is 0 Å². The van der Waals surface area contributed by atoms with E-state index in [-0.39, 0.29) is 11.8 Å². The zero-order valence-electron chi connectivity index (χ0n) is 12.3. The Kier molecular flexibility index (Phi) is 6.48. The first kappa shape index (κ1) is 16.6. The van der Waals surface area contributed by atoms with Crippen molar-refractivity contribution in [3.05, 3.63) is 46.7 Å². The lowest BCUT2D eigenvalue weighted by atomic mass is 10.3. The van der Waals surface area contributed by atoms with Crippen LogP contribution in [0.3, 0.4) is 0 Å². The minimum atomic E-state index is -0.0921. The molecule has 0 fully saturated rings. The number of benzene rings is 1. The molecule has 0 spiro atoms. The van der Waals surface area contributed by atoms with Crippen LogP contribution in [0.4, 0.5) is 5.69 Å². The molecule has 1 heterocycles. The fourth-order valence-corrected chi connectivity index (χ4v) is 3.25. The van der Waals surface area contributed by atoms with Gasteiger partial charge >= 0.3 is 0 Å². The molecule has 2 N–H and O–H groups in total. The number of carbonyl (C=O) groups is 2. The summed E-state index contributed by atoms with van der Waals surface area (Å²) in [6.07, 6.45) is 0.874. The van der Waals surface area contributed by atoms with Crippen LogP contribution in [0, 0.1) is 0 Å². The Labute approximate surface area is 138 Å². The molecule has 2 rings (SSSR count). The standard InChI is InChI=1S/C16H18N2O2S2/c1-12(19)18-13-4-6-15(7-5-13)22-11-16(20)17-9-8-14-3-2-10-21-14/h2-7,10H,8-9,11H2,1H3,(H,17,20)(H,18,19). The molecule has 0 aliphatic heterocycles. The van der Waals surface area contributed by atoms with Crippen LogP contribution in [0.25, 0.3) is 0 Å². The van der Waals surface area contributed by atoms with Crippen molar-refractivity contribution >= 4 is 40.6 Å². The van der Waals surface area contributed by atoms with Crippen LogP contribution in [-0.4, -0.2) is 24.1 Å². The van der Waals surface area contributed by atoms with Crippen LogP contribution in [0.15, 0.2) is 46.7 Å². The summed E-state index contributed by atoms with van der Waals surface area (Å²) in [6.45, 7) is 2.14. The summed E-state index contributed by atoms with van der Waals surface area (Å²) in [4.78, 5) is 25.0. The van der Waals surface area contributed by atoms with E-state index in [4.69, 9.17) is 0 Å². The summed E-state index contributed by atoms with van der Waals surface area (Å²) in [6, 6.07) is 11.5. The number of nitrogens with one attached hydrogen (secondary N) is 2. The first-order valence-electron chi connectivity index (χ1n) is 6.93. The van der Waals surface area contributed by atoms with Crippen molar-refractivity contribution in [2.24, 2.45) is 0 Å². The van der Waals surface area contributed by atoms with Crippen LogP contribution < -0.4 is 10.6 Å². The van der Waals surface area contributed by atoms with Crippen molar-refractivity contribution in [1.29, 1.82) is 0 Å². The third-order valence-electron chi connectivity index (χ3n) is 2.82. The lowest BCUT2D eigenvalue weighted by Crippen LogP contribution is -2.27. The van der Waals surface area contributed by atoms with Crippen LogP contribution >= 0.6 is 23.1 Å². The normalized spacial score (nSPS) is 10.2. The molecule has 0 aliphatic rings. The van der Waals surface area contributed by atoms with Gasteiger partial charge in [0.15, 0.2) is 0 Å². The van der Waals surface area contributed by atoms with E-state index in [1.54, 1.807) is 11.3 Å². The van der Waals surface area contributed by atoms with Gasteiger partial charge < -0.3 is 10.6 Å². The number of amides is 2. The highest BCUT2D eigenvalue weighted by Crippen LogP contribution is 2.20. The predicted octanol–water partition coefficient (Wildman–Crippen LogP) is 3.16. The maximum atomic E-state index is 11.8. The van der Waals surface area contributed by atoms with Crippen molar-refractivity contribution < 1.29 is 9.59 Å². The molecule has 0 unspecified atom stereocenters. The van der Waals surface area contributed by atoms with Crippen molar-refractivity contribution in [3.8, 4) is 0 Å². The molecule has 0 aliphatic carbocycles. The maximum absolute atomic E-state index is 11.8. The van der Waals surface area contributed by atoms with Crippen molar-refractivity contribution in [2.75, 3.05) is 17.6 Å². The summed E-state index contributed by atoms with van der Waals surface area (Å²) in [5.41, 5.74) is 0.761. The lowest BCUT2D eigenvalue weighted by molar-refractivity contribution is -0.118. The van der Waals surface area contributed by atoms with Crippen LogP contribution in [0.1, 0.15) is 11.8 Å². The van der Waals surface area contributed by atoms with Crippen molar-refractivity contribution in [1.82, 2.24) is 5.32 Å². The van der Waals surface area contributed by atoms with E-state index in [2.05, 4.69) is 16.7 Å². The van der Waals surface area contributed by atoms with Gasteiger partial charge in [0.25, 0.3) is 0 Å². The van der Waals surface area contributed by atoms with Gasteiger partial charge in [0.2, 0.25) is 11.8 Å². The molecule has 1 aromatic carbocycles. The van der Waals surface area contributed by atoms with Gasteiger partial charge in [-0.3, -0.25) is 9.59 Å². The number of rotatable bonds is 7. The van der Waals surface area contributed by atoms with E-state index >= 15 is 0 Å². The average molecular weight is 334 g/mol. The van der Waals surface area contributed by atoms with Crippen LogP contribution in [0.2, 0.25) is 0 Å². The monoisotopic (exact) mass is 334 g/mol. The van der Waals surface area contributed by atoms with Crippen molar-refractivity contribution in [2.45, 2.75) is 18.2 Å². The fourth-order valence-electron chi connectivity index (χ4n) is 1.82. The quantitative estimate of drug-likeness (QED) is 0.765. The van der Waals surface area contributed by atoms with E-state index in [9.17, 15) is 9.59 Å². The third-order valence-corrected chi connectivity index (χ3v) is 4.77. The molecule has 0 saturated heterocycles. The topological polar surface area (TPSA) is 58.2 Å². The summed E-state index contributed by atoms with van der Waals surface area (Å²) < 4.78 is 0. The van der Waals surface area contributed by atoms with Crippen molar-refractivity contribution in [3.63, 3.8) is 0 Å². The van der Waals surface area contributed by atoms with E-state index < -0.39 is 0 Å². The van der Waals surface area contributed by atoms with Gasteiger partial charge in [-0.05, 0) is 42.1 Å². The summed E-state index contributed by atoms with van der Waals surface area (Å²) in [5, 5.41) is 7.67. The largest absolute Gasteiger partial charge is 0.355 e. The number of hydrogen-bond acceptors (Lipinski definition) is 4. The Morgan fingerprint density at radius 1 is 1.18 bits per heavy atom. The molecule has 0 bridgehead atoms. The highest BCUT2D eigenvalue weighted by molar-refractivity contribution is 8.00. The van der Waals surface area contributed by atoms with E-state index in [1.165, 1.54) is 23.6 Å². The summed E-state index contributed by atoms with van der Waals surface area (Å²) in [7, 11) is 0. The molecule has 2 aromatic rings. The second-order valence-corrected chi connectivity index (χ2v) is 6.75. The second kappa shape index (κ2) is 8.60. The highest BCUT2D eigenvalue weighted by Gasteiger charge is 2.03. The zero-order valence-corrected chi connectivity index (χ0v) is 13.9. The van der Waals surface area contributed by atoms with Gasteiger partial charge in [-0.15, -0.1) is 23.1 Å². The number of thioether (sulfide) groups is 1. The van der Waals surface area contributed by atoms with Gasteiger partial charge in [0.1, 0.15) is 0 Å². The molecule has 0 radical (unpaired) electrons. The molecule has 1 aromatic heterocycles. The molecule has 116 valence electrons. The first-order chi connectivity index (χ1) is 10.6. The highest BCUT2D eigenvalue weighted by atomic mass is 32.2. The maximum Gasteiger partial charge on any atom is 0.230 e. The number of hydrogen-bond donors (Lipinski definition) is 2. The van der Waals surface area contributed by atoms with Gasteiger partial charge in [0, 0.05) is 28.9 Å². The SMILES string of the molecule is CC(=O)Nc1ccc(SCC(=O)NCCc2cccs2)cc1. The van der Waals surface area contributed by atoms with Gasteiger partial charge in [-0.2, -0.15) is 0 Å². The first-order valence-corrected chi connectivity index (χ1v) is 8.79. The van der Waals surface area contributed by atoms with Crippen LogP contribution in [0.5, 0.6) is 0 Å². The zero-order chi connectivity index (χ0) is 15.8. The Bertz CT molecular complexity index is 610. The second-order valence-electron chi connectivity index (χ2n) is 4.67. The predicted molar refractivity (Wildman–Crippen MR) is 92.5 cm³/mol. The van der Waals surface area contributed by atoms with Gasteiger partial charge in [0.05, 0.1) is 5.75 Å². The Hall–Kier alpha value is -1.79. The molecule has 2 amide bonds. The van der Waals surface area contributed by atoms with E-state index in [0.717, 1.165) is 17.0 Å². The van der Waals surface area contributed by atoms with E-state index in [0.29, 0.717) is 12.3 Å². The smallest absolute Gasteiger partial charge is 0.230 e. The molecular formula is C16H18N2O2S2. The molecule has 4 nitrogen and oxygen atoms in total. The molecule has 22 heavy (non-hydrogen) atoms. The summed E-state index contributed by atoms with van der Waals surface area (Å²) >= 11 is 3.19. The molecule has 0 saturated carbocycles. The molecule has 6 heteroatoms. The number of anilines is 1. The lowest BCUT2D eigenvalue weighted by Gasteiger charge is -2.06. The van der Waals surface area contributed by atoms with Gasteiger partial charge in [-0.1, -0.05) is 6.07 Å². The number of thiophene rings is 1. The molecule has 0 atom stereocenters. The minimum absolute atomic E-state index is 0.0347. The third kappa shape index (κ3) is 5.91. The van der Waals surface area contributed by atoms with E-state index in [1.807, 2.05) is 35.7 Å². The number of carbonyl (C=O) groups excluding carboxylic acids is 2. The molecular weight excluding hydrogens is 316 g/mol. The van der Waals surface area contributed by atoms with Crippen LogP contribution in [-0.2, 0) is 16.0 Å². The Balaban J connectivity index is 1.68. The average Bonchev–Trinajstić information content (AvgIpc) is 2.99. The Morgan fingerprint density at radius 2 is 1.95 bits per heavy atom. The fraction of sp³-hybridized carbons (Fsp3) is 0.250.